The maximum Gasteiger partial charge on any atom is 0.240 e. The van der Waals surface area contributed by atoms with Crippen LogP contribution in [0.15, 0.2) is 36.5 Å². The van der Waals surface area contributed by atoms with E-state index in [9.17, 15) is 14.7 Å². The number of benzene rings is 1. The zero-order valence-corrected chi connectivity index (χ0v) is 16.0. The van der Waals surface area contributed by atoms with Gasteiger partial charge >= 0.3 is 0 Å². The number of para-hydroxylation sites is 1. The van der Waals surface area contributed by atoms with Crippen LogP contribution in [0, 0.1) is 5.92 Å². The lowest BCUT2D eigenvalue weighted by molar-refractivity contribution is -0.136. The molecular weight excluding hydrogens is 354 g/mol. The molecular formula is C22H27N3O3. The molecule has 2 aliphatic rings. The van der Waals surface area contributed by atoms with Crippen molar-refractivity contribution in [2.24, 2.45) is 5.92 Å². The van der Waals surface area contributed by atoms with Gasteiger partial charge in [-0.25, -0.2) is 0 Å². The van der Waals surface area contributed by atoms with Crippen molar-refractivity contribution >= 4 is 22.7 Å². The summed E-state index contributed by atoms with van der Waals surface area (Å²) in [5.41, 5.74) is 1.87. The first-order chi connectivity index (χ1) is 13.6. The Morgan fingerprint density at radius 1 is 1.25 bits per heavy atom. The lowest BCUT2D eigenvalue weighted by Crippen LogP contribution is -2.46. The van der Waals surface area contributed by atoms with Gasteiger partial charge in [0.1, 0.15) is 0 Å². The zero-order valence-electron chi connectivity index (χ0n) is 16.0. The van der Waals surface area contributed by atoms with Crippen molar-refractivity contribution in [3.8, 4) is 0 Å². The minimum atomic E-state index is -0.301. The molecule has 148 valence electrons. The second-order valence-corrected chi connectivity index (χ2v) is 8.02. The number of hydrogen-bond donors (Lipinski definition) is 2. The summed E-state index contributed by atoms with van der Waals surface area (Å²) in [6.45, 7) is 0.752. The van der Waals surface area contributed by atoms with Crippen LogP contribution in [0.2, 0.25) is 0 Å². The van der Waals surface area contributed by atoms with Crippen LogP contribution in [0.5, 0.6) is 0 Å². The first-order valence-electron chi connectivity index (χ1n) is 10.2. The maximum absolute atomic E-state index is 12.8. The number of pyridine rings is 1. The lowest BCUT2D eigenvalue weighted by atomic mass is 9.75. The number of amides is 2. The minimum Gasteiger partial charge on any atom is -0.393 e. The molecule has 1 aliphatic heterocycles. The van der Waals surface area contributed by atoms with Crippen LogP contribution in [-0.4, -0.2) is 46.0 Å². The van der Waals surface area contributed by atoms with Crippen molar-refractivity contribution in [3.63, 3.8) is 0 Å². The molecule has 6 nitrogen and oxygen atoms in total. The Morgan fingerprint density at radius 3 is 2.89 bits per heavy atom. The normalized spacial score (nSPS) is 23.8. The fraction of sp³-hybridized carbons (Fsp3) is 0.500. The highest BCUT2D eigenvalue weighted by atomic mass is 16.3. The van der Waals surface area contributed by atoms with E-state index in [-0.39, 0.29) is 36.4 Å². The molecule has 0 radical (unpaired) electrons. The molecule has 1 saturated carbocycles. The van der Waals surface area contributed by atoms with Crippen LogP contribution in [0.4, 0.5) is 0 Å². The number of carbonyl (C=O) groups is 2. The van der Waals surface area contributed by atoms with Gasteiger partial charge in [-0.3, -0.25) is 14.6 Å². The van der Waals surface area contributed by atoms with Gasteiger partial charge in [0.2, 0.25) is 11.8 Å². The third-order valence-corrected chi connectivity index (χ3v) is 5.91. The van der Waals surface area contributed by atoms with Crippen LogP contribution in [0.3, 0.4) is 0 Å². The second kappa shape index (κ2) is 8.27. The van der Waals surface area contributed by atoms with Gasteiger partial charge in [0, 0.05) is 24.5 Å². The van der Waals surface area contributed by atoms with E-state index in [0.717, 1.165) is 35.7 Å². The average Bonchev–Trinajstić information content (AvgIpc) is 2.88. The van der Waals surface area contributed by atoms with E-state index in [2.05, 4.69) is 16.4 Å². The Kier molecular flexibility index (Phi) is 5.57. The average molecular weight is 381 g/mol. The summed E-state index contributed by atoms with van der Waals surface area (Å²) in [6, 6.07) is 9.76. The Morgan fingerprint density at radius 2 is 2.07 bits per heavy atom. The molecule has 0 unspecified atom stereocenters. The molecule has 1 aliphatic carbocycles. The standard InChI is InChI=1S/C22H27N3O3/c26-18-11-16(12-18)22(17-10-15-6-3-4-7-19(15)23-13-17)24-20(27)14-25-9-5-1-2-8-21(25)28/h3-4,6-7,10,13,16,18,22,26H,1-2,5,8-9,11-12,14H2,(H,24,27)/t16?,18?,22-/m1/s1. The molecule has 4 rings (SSSR count). The molecule has 2 aromatic rings. The summed E-state index contributed by atoms with van der Waals surface area (Å²) < 4.78 is 0. The first kappa shape index (κ1) is 18.9. The van der Waals surface area contributed by atoms with Crippen molar-refractivity contribution in [3.05, 3.63) is 42.1 Å². The Hall–Kier alpha value is -2.47. The fourth-order valence-electron chi connectivity index (χ4n) is 4.23. The van der Waals surface area contributed by atoms with Crippen molar-refractivity contribution in [2.75, 3.05) is 13.1 Å². The van der Waals surface area contributed by atoms with Crippen LogP contribution in [0.25, 0.3) is 10.9 Å². The van der Waals surface area contributed by atoms with Gasteiger partial charge in [0.25, 0.3) is 0 Å². The number of likely N-dealkylation sites (tertiary alicyclic amines) is 1. The molecule has 28 heavy (non-hydrogen) atoms. The predicted octanol–water partition coefficient (Wildman–Crippen LogP) is 2.57. The smallest absolute Gasteiger partial charge is 0.240 e. The monoisotopic (exact) mass is 381 g/mol. The van der Waals surface area contributed by atoms with Crippen molar-refractivity contribution in [1.82, 2.24) is 15.2 Å². The molecule has 1 aromatic heterocycles. The van der Waals surface area contributed by atoms with Crippen molar-refractivity contribution < 1.29 is 14.7 Å². The Balaban J connectivity index is 1.50. The number of nitrogens with one attached hydrogen (secondary N) is 1. The molecule has 2 fully saturated rings. The number of rotatable bonds is 5. The van der Waals surface area contributed by atoms with E-state index in [0.29, 0.717) is 25.8 Å². The van der Waals surface area contributed by atoms with Crippen LogP contribution < -0.4 is 5.32 Å². The van der Waals surface area contributed by atoms with Gasteiger partial charge < -0.3 is 15.3 Å². The number of nitrogens with zero attached hydrogens (tertiary/aromatic N) is 2. The topological polar surface area (TPSA) is 82.5 Å². The highest BCUT2D eigenvalue weighted by Crippen LogP contribution is 2.38. The van der Waals surface area contributed by atoms with Gasteiger partial charge in [-0.1, -0.05) is 24.6 Å². The third-order valence-electron chi connectivity index (χ3n) is 5.91. The third kappa shape index (κ3) is 4.17. The van der Waals surface area contributed by atoms with Gasteiger partial charge in [-0.2, -0.15) is 0 Å². The molecule has 0 spiro atoms. The molecule has 1 aromatic carbocycles. The maximum atomic E-state index is 12.8. The second-order valence-electron chi connectivity index (χ2n) is 8.02. The molecule has 0 bridgehead atoms. The number of hydrogen-bond acceptors (Lipinski definition) is 4. The molecule has 2 amide bonds. The summed E-state index contributed by atoms with van der Waals surface area (Å²) in [5, 5.41) is 13.9. The molecule has 1 atom stereocenters. The van der Waals surface area contributed by atoms with Crippen LogP contribution in [-0.2, 0) is 9.59 Å². The minimum absolute atomic E-state index is 0.0654. The highest BCUT2D eigenvalue weighted by Gasteiger charge is 2.36. The first-order valence-corrected chi connectivity index (χ1v) is 10.2. The molecule has 2 N–H and O–H groups in total. The molecule has 2 heterocycles. The lowest BCUT2D eigenvalue weighted by Gasteiger charge is -2.38. The summed E-state index contributed by atoms with van der Waals surface area (Å²) in [5.74, 6) is 0.104. The van der Waals surface area contributed by atoms with Crippen LogP contribution >= 0.6 is 0 Å². The van der Waals surface area contributed by atoms with E-state index in [4.69, 9.17) is 0 Å². The van der Waals surface area contributed by atoms with Gasteiger partial charge in [-0.05, 0) is 49.3 Å². The summed E-state index contributed by atoms with van der Waals surface area (Å²) in [4.78, 5) is 31.2. The largest absolute Gasteiger partial charge is 0.393 e. The summed E-state index contributed by atoms with van der Waals surface area (Å²) in [7, 11) is 0. The quantitative estimate of drug-likeness (QED) is 0.834. The fourth-order valence-corrected chi connectivity index (χ4v) is 4.23. The summed E-state index contributed by atoms with van der Waals surface area (Å²) >= 11 is 0. The zero-order chi connectivity index (χ0) is 19.5. The van der Waals surface area contributed by atoms with Crippen LogP contribution in [0.1, 0.15) is 50.1 Å². The number of aliphatic hydroxyl groups is 1. The van der Waals surface area contributed by atoms with Gasteiger partial charge in [-0.15, -0.1) is 0 Å². The van der Waals surface area contributed by atoms with E-state index in [1.54, 1.807) is 4.90 Å². The number of carbonyl (C=O) groups excluding carboxylic acids is 2. The van der Waals surface area contributed by atoms with E-state index < -0.39 is 0 Å². The Labute approximate surface area is 164 Å². The van der Waals surface area contributed by atoms with Gasteiger partial charge in [0.15, 0.2) is 0 Å². The van der Waals surface area contributed by atoms with Crippen molar-refractivity contribution in [1.29, 1.82) is 0 Å². The van der Waals surface area contributed by atoms with Crippen molar-refractivity contribution in [2.45, 2.75) is 50.7 Å². The highest BCUT2D eigenvalue weighted by molar-refractivity contribution is 5.85. The molecule has 1 saturated heterocycles. The van der Waals surface area contributed by atoms with E-state index >= 15 is 0 Å². The number of aliphatic hydroxyl groups excluding tert-OH is 1. The Bertz CT molecular complexity index is 863. The SMILES string of the molecule is O=C(CN1CCCCCC1=O)N[C@@H](c1cnc2ccccc2c1)C1CC(O)C1. The van der Waals surface area contributed by atoms with E-state index in [1.165, 1.54) is 0 Å². The number of aromatic nitrogens is 1. The number of fused-ring (bicyclic) bond motifs is 1. The van der Waals surface area contributed by atoms with E-state index in [1.807, 2.05) is 30.5 Å². The van der Waals surface area contributed by atoms with Gasteiger partial charge in [0.05, 0.1) is 24.2 Å². The summed E-state index contributed by atoms with van der Waals surface area (Å²) in [6.07, 6.45) is 6.27. The molecule has 6 heteroatoms. The predicted molar refractivity (Wildman–Crippen MR) is 106 cm³/mol.